The maximum atomic E-state index is 13.8. The molecule has 2 saturated carbocycles. The van der Waals surface area contributed by atoms with Crippen LogP contribution < -0.4 is 0 Å². The van der Waals surface area contributed by atoms with Gasteiger partial charge in [-0.25, -0.2) is 15.4 Å². The zero-order chi connectivity index (χ0) is 12.4. The summed E-state index contributed by atoms with van der Waals surface area (Å²) in [6.07, 6.45) is 1.56. The van der Waals surface area contributed by atoms with Crippen LogP contribution in [0, 0.1) is 18.4 Å². The van der Waals surface area contributed by atoms with Crippen LogP contribution >= 0.6 is 11.6 Å². The molecule has 0 aromatic rings. The Morgan fingerprint density at radius 3 is 2.41 bits per heavy atom. The number of alkyl halides is 3. The molecular formula is C13H18ClF2N. The predicted molar refractivity (Wildman–Crippen MR) is 64.5 cm³/mol. The SMILES string of the molecule is [C-]#[N+]C1CCC(C2CCC(F)CC2F)CC1Cl. The molecule has 0 radical (unpaired) electrons. The van der Waals surface area contributed by atoms with Gasteiger partial charge in [0.2, 0.25) is 6.04 Å². The van der Waals surface area contributed by atoms with Crippen LogP contribution in [-0.2, 0) is 0 Å². The van der Waals surface area contributed by atoms with Crippen molar-refractivity contribution in [2.75, 3.05) is 0 Å². The summed E-state index contributed by atoms with van der Waals surface area (Å²) in [5.41, 5.74) is 0. The van der Waals surface area contributed by atoms with Gasteiger partial charge in [-0.15, -0.1) is 11.6 Å². The fourth-order valence-electron chi connectivity index (χ4n) is 3.29. The average molecular weight is 262 g/mol. The first kappa shape index (κ1) is 13.1. The van der Waals surface area contributed by atoms with Crippen LogP contribution in [0.25, 0.3) is 4.85 Å². The first-order valence-corrected chi connectivity index (χ1v) is 6.84. The minimum atomic E-state index is -1.02. The number of halogens is 3. The summed E-state index contributed by atoms with van der Waals surface area (Å²) < 4.78 is 26.9. The van der Waals surface area contributed by atoms with Gasteiger partial charge in [0.15, 0.2) is 0 Å². The monoisotopic (exact) mass is 261 g/mol. The molecule has 17 heavy (non-hydrogen) atoms. The van der Waals surface area contributed by atoms with E-state index in [1.807, 2.05) is 0 Å². The van der Waals surface area contributed by atoms with E-state index in [2.05, 4.69) is 4.85 Å². The third-order valence-electron chi connectivity index (χ3n) is 4.31. The second-order valence-corrected chi connectivity index (χ2v) is 5.94. The molecule has 0 N–H and O–H groups in total. The Bertz CT molecular complexity index is 304. The van der Waals surface area contributed by atoms with E-state index in [1.54, 1.807) is 0 Å². The van der Waals surface area contributed by atoms with Crippen molar-refractivity contribution < 1.29 is 8.78 Å². The molecule has 4 heteroatoms. The van der Waals surface area contributed by atoms with Crippen LogP contribution in [0.4, 0.5) is 8.78 Å². The van der Waals surface area contributed by atoms with E-state index in [1.165, 1.54) is 0 Å². The van der Waals surface area contributed by atoms with E-state index < -0.39 is 12.3 Å². The van der Waals surface area contributed by atoms with Crippen molar-refractivity contribution in [3.05, 3.63) is 11.4 Å². The average Bonchev–Trinajstić information content (AvgIpc) is 2.29. The molecule has 0 aliphatic heterocycles. The summed E-state index contributed by atoms with van der Waals surface area (Å²) >= 11 is 6.16. The fraction of sp³-hybridized carbons (Fsp3) is 0.923. The highest BCUT2D eigenvalue weighted by Crippen LogP contribution is 2.42. The van der Waals surface area contributed by atoms with Gasteiger partial charge >= 0.3 is 0 Å². The van der Waals surface area contributed by atoms with Gasteiger partial charge in [-0.3, -0.25) is 0 Å². The van der Waals surface area contributed by atoms with Gasteiger partial charge in [-0.05, 0) is 37.5 Å². The highest BCUT2D eigenvalue weighted by Gasteiger charge is 2.41. The van der Waals surface area contributed by atoms with Gasteiger partial charge in [0.1, 0.15) is 17.7 Å². The molecule has 2 aliphatic rings. The molecule has 0 heterocycles. The van der Waals surface area contributed by atoms with E-state index in [4.69, 9.17) is 18.2 Å². The molecule has 2 aliphatic carbocycles. The van der Waals surface area contributed by atoms with Crippen molar-refractivity contribution in [1.29, 1.82) is 0 Å². The summed E-state index contributed by atoms with van der Waals surface area (Å²) in [4.78, 5) is 3.50. The molecule has 6 atom stereocenters. The highest BCUT2D eigenvalue weighted by atomic mass is 35.5. The van der Waals surface area contributed by atoms with Gasteiger partial charge in [-0.2, -0.15) is 0 Å². The summed E-state index contributed by atoms with van der Waals surface area (Å²) in [5.74, 6) is 0.216. The lowest BCUT2D eigenvalue weighted by Gasteiger charge is -2.37. The number of hydrogen-bond acceptors (Lipinski definition) is 0. The van der Waals surface area contributed by atoms with Gasteiger partial charge in [0, 0.05) is 12.8 Å². The minimum absolute atomic E-state index is 0.0325. The fourth-order valence-corrected chi connectivity index (χ4v) is 3.70. The largest absolute Gasteiger partial charge is 0.312 e. The Balaban J connectivity index is 1.93. The van der Waals surface area contributed by atoms with Gasteiger partial charge in [-0.1, -0.05) is 0 Å². The van der Waals surface area contributed by atoms with Crippen LogP contribution in [0.5, 0.6) is 0 Å². The number of rotatable bonds is 1. The molecule has 1 nitrogen and oxygen atoms in total. The van der Waals surface area contributed by atoms with Crippen LogP contribution in [-0.4, -0.2) is 23.8 Å². The Hall–Kier alpha value is -0.360. The van der Waals surface area contributed by atoms with Crippen LogP contribution in [0.1, 0.15) is 38.5 Å². The maximum absolute atomic E-state index is 13.8. The van der Waals surface area contributed by atoms with Crippen LogP contribution in [0.3, 0.4) is 0 Å². The van der Waals surface area contributed by atoms with Crippen LogP contribution in [0.2, 0.25) is 0 Å². The van der Waals surface area contributed by atoms with Crippen LogP contribution in [0.15, 0.2) is 0 Å². The normalized spacial score (nSPS) is 47.4. The summed E-state index contributed by atoms with van der Waals surface area (Å²) in [6, 6.07) is -0.108. The topological polar surface area (TPSA) is 4.36 Å². The van der Waals surface area contributed by atoms with Gasteiger partial charge < -0.3 is 4.85 Å². The van der Waals surface area contributed by atoms with Crippen molar-refractivity contribution in [3.63, 3.8) is 0 Å². The molecule has 2 rings (SSSR count). The zero-order valence-corrected chi connectivity index (χ0v) is 10.5. The predicted octanol–water partition coefficient (Wildman–Crippen LogP) is 4.16. The van der Waals surface area contributed by atoms with Crippen molar-refractivity contribution in [2.24, 2.45) is 11.8 Å². The number of hydrogen-bond donors (Lipinski definition) is 0. The van der Waals surface area contributed by atoms with Crippen molar-refractivity contribution in [2.45, 2.75) is 62.3 Å². The Morgan fingerprint density at radius 1 is 1.06 bits per heavy atom. The van der Waals surface area contributed by atoms with E-state index in [9.17, 15) is 8.78 Å². The minimum Gasteiger partial charge on any atom is -0.312 e. The van der Waals surface area contributed by atoms with Crippen molar-refractivity contribution in [1.82, 2.24) is 0 Å². The summed E-state index contributed by atoms with van der Waals surface area (Å²) in [6.45, 7) is 7.02. The van der Waals surface area contributed by atoms with E-state index in [0.717, 1.165) is 19.3 Å². The quantitative estimate of drug-likeness (QED) is 0.493. The lowest BCUT2D eigenvalue weighted by molar-refractivity contribution is 0.0533. The summed E-state index contributed by atoms with van der Waals surface area (Å²) in [7, 11) is 0. The second-order valence-electron chi connectivity index (χ2n) is 5.38. The lowest BCUT2D eigenvalue weighted by Crippen LogP contribution is -2.38. The number of nitrogens with zero attached hydrogens (tertiary/aromatic N) is 1. The smallest absolute Gasteiger partial charge is 0.239 e. The highest BCUT2D eigenvalue weighted by molar-refractivity contribution is 6.21. The van der Waals surface area contributed by atoms with E-state index in [0.29, 0.717) is 12.8 Å². The third-order valence-corrected chi connectivity index (χ3v) is 4.78. The molecule has 0 amide bonds. The lowest BCUT2D eigenvalue weighted by atomic mass is 9.71. The molecule has 2 fully saturated rings. The van der Waals surface area contributed by atoms with Gasteiger partial charge in [0.25, 0.3) is 0 Å². The van der Waals surface area contributed by atoms with Gasteiger partial charge in [0.05, 0.1) is 0 Å². The first-order chi connectivity index (χ1) is 8.11. The molecular weight excluding hydrogens is 244 g/mol. The molecule has 0 spiro atoms. The second kappa shape index (κ2) is 5.52. The Kier molecular flexibility index (Phi) is 4.25. The maximum Gasteiger partial charge on any atom is 0.239 e. The summed E-state index contributed by atoms with van der Waals surface area (Å²) in [5, 5.41) is -0.151. The first-order valence-electron chi connectivity index (χ1n) is 6.40. The Morgan fingerprint density at radius 2 is 1.82 bits per heavy atom. The Labute approximate surface area is 106 Å². The zero-order valence-electron chi connectivity index (χ0n) is 9.79. The third kappa shape index (κ3) is 2.91. The molecule has 0 aromatic heterocycles. The molecule has 0 bridgehead atoms. The standard InChI is InChI=1S/C13H18ClF2N/c1-17-13-5-2-8(6-11(13)14)10-4-3-9(15)7-12(10)16/h8-13H,2-7H2. The van der Waals surface area contributed by atoms with Crippen molar-refractivity contribution >= 4 is 11.6 Å². The van der Waals surface area contributed by atoms with E-state index >= 15 is 0 Å². The molecule has 0 saturated heterocycles. The molecule has 96 valence electrons. The molecule has 0 aromatic carbocycles. The van der Waals surface area contributed by atoms with Crippen molar-refractivity contribution in [3.8, 4) is 0 Å². The van der Waals surface area contributed by atoms with E-state index in [-0.39, 0.29) is 29.7 Å². The molecule has 6 unspecified atom stereocenters.